The number of rotatable bonds is 1. The highest BCUT2D eigenvalue weighted by Crippen LogP contribution is 2.70. The van der Waals surface area contributed by atoms with Crippen LogP contribution >= 0.6 is 94.1 Å². The molecule has 4 aliphatic heterocycles. The fourth-order valence-corrected chi connectivity index (χ4v) is 14.8. The SMILES string of the molecule is CCC1SC2=C(SC(=C3SC4=C(SCCS4)S3)S2)S1. The Morgan fingerprint density at radius 1 is 0.737 bits per heavy atom. The molecule has 0 radical (unpaired) electrons. The number of hydrogen-bond donors (Lipinski definition) is 0. The minimum Gasteiger partial charge on any atom is -0.116 e. The second kappa shape index (κ2) is 6.26. The van der Waals surface area contributed by atoms with E-state index in [4.69, 9.17) is 0 Å². The van der Waals surface area contributed by atoms with Gasteiger partial charge in [-0.15, -0.1) is 47.0 Å². The molecule has 8 heteroatoms. The molecule has 0 saturated carbocycles. The molecule has 4 rings (SSSR count). The maximum absolute atomic E-state index is 2.29. The molecule has 0 spiro atoms. The van der Waals surface area contributed by atoms with Crippen LogP contribution in [-0.2, 0) is 0 Å². The summed E-state index contributed by atoms with van der Waals surface area (Å²) in [6.07, 6.45) is 1.27. The molecule has 0 aromatic rings. The molecular formula is C11H10S8. The minimum atomic E-state index is 0.762. The van der Waals surface area contributed by atoms with E-state index >= 15 is 0 Å². The number of thioether (sulfide) groups is 8. The van der Waals surface area contributed by atoms with Crippen LogP contribution in [0.15, 0.2) is 25.4 Å². The molecule has 0 fully saturated rings. The van der Waals surface area contributed by atoms with Crippen molar-refractivity contribution in [2.75, 3.05) is 11.5 Å². The van der Waals surface area contributed by atoms with Gasteiger partial charge in [0.1, 0.15) is 0 Å². The van der Waals surface area contributed by atoms with Crippen LogP contribution in [0.25, 0.3) is 0 Å². The maximum Gasteiger partial charge on any atom is 0.0717 e. The Labute approximate surface area is 147 Å². The Hall–Kier alpha value is 2.02. The van der Waals surface area contributed by atoms with Gasteiger partial charge in [0.2, 0.25) is 0 Å². The van der Waals surface area contributed by atoms with Gasteiger partial charge in [-0.1, -0.05) is 54.0 Å². The van der Waals surface area contributed by atoms with E-state index in [2.05, 4.69) is 30.4 Å². The monoisotopic (exact) mass is 398 g/mol. The van der Waals surface area contributed by atoms with Gasteiger partial charge in [-0.05, 0) is 6.42 Å². The van der Waals surface area contributed by atoms with E-state index in [9.17, 15) is 0 Å². The van der Waals surface area contributed by atoms with E-state index in [0.717, 1.165) is 4.58 Å². The van der Waals surface area contributed by atoms with E-state index in [-0.39, 0.29) is 0 Å². The number of hydrogen-bond acceptors (Lipinski definition) is 8. The predicted octanol–water partition coefficient (Wildman–Crippen LogP) is 7.02. The zero-order valence-electron chi connectivity index (χ0n) is 9.96. The van der Waals surface area contributed by atoms with Crippen LogP contribution in [0.5, 0.6) is 0 Å². The average Bonchev–Trinajstić information content (AvgIpc) is 3.09. The minimum absolute atomic E-state index is 0.762. The molecular weight excluding hydrogens is 389 g/mol. The van der Waals surface area contributed by atoms with E-state index in [0.29, 0.717) is 0 Å². The summed E-state index contributed by atoms with van der Waals surface area (Å²) >= 11 is 16.3. The smallest absolute Gasteiger partial charge is 0.0717 e. The van der Waals surface area contributed by atoms with Gasteiger partial charge in [-0.3, -0.25) is 0 Å². The van der Waals surface area contributed by atoms with Crippen LogP contribution in [0.4, 0.5) is 0 Å². The normalized spacial score (nSPS) is 27.6. The summed E-state index contributed by atoms with van der Waals surface area (Å²) in [6.45, 7) is 2.29. The highest BCUT2D eigenvalue weighted by Gasteiger charge is 2.36. The van der Waals surface area contributed by atoms with Crippen LogP contribution in [0.2, 0.25) is 0 Å². The van der Waals surface area contributed by atoms with Crippen molar-refractivity contribution in [3.05, 3.63) is 25.4 Å². The summed E-state index contributed by atoms with van der Waals surface area (Å²) in [5.41, 5.74) is 0. The lowest BCUT2D eigenvalue weighted by molar-refractivity contribution is 1.06. The van der Waals surface area contributed by atoms with Gasteiger partial charge in [0.25, 0.3) is 0 Å². The first-order chi connectivity index (χ1) is 9.33. The third kappa shape index (κ3) is 2.94. The molecule has 0 amide bonds. The highest BCUT2D eigenvalue weighted by atomic mass is 32.3. The fourth-order valence-electron chi connectivity index (χ4n) is 1.73. The van der Waals surface area contributed by atoms with Crippen molar-refractivity contribution in [1.82, 2.24) is 0 Å². The molecule has 0 nitrogen and oxygen atoms in total. The first-order valence-corrected chi connectivity index (χ1v) is 12.9. The lowest BCUT2D eigenvalue weighted by atomic mass is 10.6. The highest BCUT2D eigenvalue weighted by molar-refractivity contribution is 8.48. The first-order valence-electron chi connectivity index (χ1n) is 5.86. The summed E-state index contributed by atoms with van der Waals surface area (Å²) in [4.78, 5) is 0. The van der Waals surface area contributed by atoms with Crippen LogP contribution in [0, 0.1) is 0 Å². The van der Waals surface area contributed by atoms with Crippen molar-refractivity contribution in [3.63, 3.8) is 0 Å². The topological polar surface area (TPSA) is 0 Å². The van der Waals surface area contributed by atoms with Crippen LogP contribution in [-0.4, -0.2) is 16.1 Å². The van der Waals surface area contributed by atoms with E-state index in [1.807, 2.05) is 70.6 Å². The zero-order chi connectivity index (χ0) is 12.8. The van der Waals surface area contributed by atoms with Crippen molar-refractivity contribution in [2.24, 2.45) is 0 Å². The predicted molar refractivity (Wildman–Crippen MR) is 106 cm³/mol. The van der Waals surface area contributed by atoms with Crippen LogP contribution < -0.4 is 0 Å². The van der Waals surface area contributed by atoms with Crippen molar-refractivity contribution in [3.8, 4) is 0 Å². The Morgan fingerprint density at radius 2 is 1.21 bits per heavy atom. The Balaban J connectivity index is 1.48. The lowest BCUT2D eigenvalue weighted by Crippen LogP contribution is -1.88. The molecule has 19 heavy (non-hydrogen) atoms. The zero-order valence-corrected chi connectivity index (χ0v) is 16.5. The molecule has 0 unspecified atom stereocenters. The molecule has 0 N–H and O–H groups in total. The second-order valence-electron chi connectivity index (χ2n) is 3.90. The maximum atomic E-state index is 2.29. The molecule has 0 saturated heterocycles. The molecule has 0 aromatic heterocycles. The van der Waals surface area contributed by atoms with Crippen molar-refractivity contribution >= 4 is 94.1 Å². The Kier molecular flexibility index (Phi) is 4.81. The van der Waals surface area contributed by atoms with Crippen LogP contribution in [0.3, 0.4) is 0 Å². The van der Waals surface area contributed by atoms with Gasteiger partial charge in [-0.2, -0.15) is 0 Å². The van der Waals surface area contributed by atoms with Crippen LogP contribution in [0.1, 0.15) is 13.3 Å². The van der Waals surface area contributed by atoms with Crippen molar-refractivity contribution in [1.29, 1.82) is 0 Å². The molecule has 0 bridgehead atoms. The fraction of sp³-hybridized carbons (Fsp3) is 0.455. The molecule has 4 aliphatic rings. The first kappa shape index (κ1) is 14.6. The molecule has 4 heterocycles. The molecule has 0 atom stereocenters. The lowest BCUT2D eigenvalue weighted by Gasteiger charge is -2.08. The van der Waals surface area contributed by atoms with Gasteiger partial charge in [0, 0.05) is 11.5 Å². The van der Waals surface area contributed by atoms with Gasteiger partial charge in [0.05, 0.1) is 30.0 Å². The quantitative estimate of drug-likeness (QED) is 0.456. The van der Waals surface area contributed by atoms with Crippen molar-refractivity contribution < 1.29 is 0 Å². The molecule has 102 valence electrons. The summed E-state index contributed by atoms with van der Waals surface area (Å²) < 4.78 is 10.1. The third-order valence-corrected chi connectivity index (χ3v) is 15.2. The van der Waals surface area contributed by atoms with E-state index in [1.54, 1.807) is 16.9 Å². The summed E-state index contributed by atoms with van der Waals surface area (Å²) in [5.74, 6) is 2.55. The molecule has 0 aliphatic carbocycles. The molecule has 0 aromatic carbocycles. The summed E-state index contributed by atoms with van der Waals surface area (Å²) in [5, 5.41) is 0. The van der Waals surface area contributed by atoms with Crippen molar-refractivity contribution in [2.45, 2.75) is 17.9 Å². The summed E-state index contributed by atoms with van der Waals surface area (Å²) in [7, 11) is 0. The van der Waals surface area contributed by atoms with Gasteiger partial charge < -0.3 is 0 Å². The summed E-state index contributed by atoms with van der Waals surface area (Å²) in [6, 6.07) is 0. The third-order valence-electron chi connectivity index (χ3n) is 2.60. The Bertz CT molecular complexity index is 477. The van der Waals surface area contributed by atoms with Gasteiger partial charge >= 0.3 is 0 Å². The largest absolute Gasteiger partial charge is 0.116 e. The van der Waals surface area contributed by atoms with E-state index < -0.39 is 0 Å². The average molecular weight is 399 g/mol. The van der Waals surface area contributed by atoms with Gasteiger partial charge in [0.15, 0.2) is 0 Å². The Morgan fingerprint density at radius 3 is 1.68 bits per heavy atom. The standard InChI is InChI=1S/C11H10S8/c1-2-5-14-8-9(15-5)19-11(18-8)10-16-6-7(17-10)13-4-3-12-6/h5H,2-4H2,1H3. The second-order valence-corrected chi connectivity index (χ2v) is 14.5. The van der Waals surface area contributed by atoms with E-state index in [1.165, 1.54) is 26.4 Å². The van der Waals surface area contributed by atoms with Gasteiger partial charge in [-0.25, -0.2) is 0 Å².